The van der Waals surface area contributed by atoms with Crippen LogP contribution < -0.4 is 0 Å². The summed E-state index contributed by atoms with van der Waals surface area (Å²) in [6, 6.07) is 13.9. The van der Waals surface area contributed by atoms with Crippen molar-refractivity contribution in [2.75, 3.05) is 0 Å². The molecule has 0 bridgehead atoms. The van der Waals surface area contributed by atoms with Gasteiger partial charge in [0.1, 0.15) is 0 Å². The van der Waals surface area contributed by atoms with E-state index in [1.165, 1.54) is 5.56 Å². The van der Waals surface area contributed by atoms with E-state index in [-0.39, 0.29) is 0 Å². The van der Waals surface area contributed by atoms with E-state index >= 15 is 0 Å². The van der Waals surface area contributed by atoms with E-state index in [2.05, 4.69) is 24.0 Å². The Hall–Kier alpha value is -1.58. The van der Waals surface area contributed by atoms with Crippen molar-refractivity contribution in [2.45, 2.75) is 6.92 Å². The molecule has 1 aromatic heterocycles. The number of H-pyrrole nitrogens is 1. The minimum atomic E-state index is 0.679. The second-order valence-electron chi connectivity index (χ2n) is 4.27. The predicted octanol–water partition coefficient (Wildman–Crippen LogP) is 4.65. The van der Waals surface area contributed by atoms with Crippen molar-refractivity contribution < 1.29 is 0 Å². The van der Waals surface area contributed by atoms with Gasteiger partial charge in [-0.2, -0.15) is 0 Å². The molecule has 1 N–H and O–H groups in total. The fourth-order valence-corrected chi connectivity index (χ4v) is 2.58. The van der Waals surface area contributed by atoms with Crippen LogP contribution in [0.2, 0.25) is 5.02 Å². The molecule has 0 unspecified atom stereocenters. The minimum Gasteiger partial charge on any atom is -0.330 e. The summed E-state index contributed by atoms with van der Waals surface area (Å²) in [5.41, 5.74) is 4.28. The quantitative estimate of drug-likeness (QED) is 0.641. The lowest BCUT2D eigenvalue weighted by Gasteiger charge is -2.05. The molecule has 1 heterocycles. The summed E-state index contributed by atoms with van der Waals surface area (Å²) < 4.78 is 2.68. The largest absolute Gasteiger partial charge is 0.330 e. The van der Waals surface area contributed by atoms with Crippen molar-refractivity contribution in [1.29, 1.82) is 0 Å². The lowest BCUT2D eigenvalue weighted by Crippen LogP contribution is -1.93. The van der Waals surface area contributed by atoms with Crippen LogP contribution in [0, 0.1) is 11.7 Å². The molecule has 2 aromatic carbocycles. The Morgan fingerprint density at radius 2 is 2.00 bits per heavy atom. The smallest absolute Gasteiger partial charge is 0.182 e. The topological polar surface area (TPSA) is 20.7 Å². The van der Waals surface area contributed by atoms with Crippen molar-refractivity contribution in [3.05, 3.63) is 57.8 Å². The molecule has 0 aliphatic carbocycles. The second kappa shape index (κ2) is 4.26. The van der Waals surface area contributed by atoms with Crippen LogP contribution in [-0.4, -0.2) is 9.55 Å². The van der Waals surface area contributed by atoms with Gasteiger partial charge in [-0.25, -0.2) is 0 Å². The van der Waals surface area contributed by atoms with E-state index < -0.39 is 0 Å². The Balaban J connectivity index is 2.38. The molecule has 0 aliphatic heterocycles. The summed E-state index contributed by atoms with van der Waals surface area (Å²) in [6.45, 7) is 2.07. The van der Waals surface area contributed by atoms with Crippen LogP contribution in [0.25, 0.3) is 16.7 Å². The number of halogens is 1. The molecule has 0 amide bonds. The van der Waals surface area contributed by atoms with E-state index in [1.807, 2.05) is 34.9 Å². The third-order valence-corrected chi connectivity index (χ3v) is 3.42. The van der Waals surface area contributed by atoms with Gasteiger partial charge < -0.3 is 4.98 Å². The molecule has 0 fully saturated rings. The van der Waals surface area contributed by atoms with Gasteiger partial charge in [0.15, 0.2) is 4.77 Å². The number of nitrogens with zero attached hydrogens (tertiary/aromatic N) is 1. The second-order valence-corrected chi connectivity index (χ2v) is 5.09. The van der Waals surface area contributed by atoms with Crippen molar-refractivity contribution in [3.63, 3.8) is 0 Å². The first-order chi connectivity index (χ1) is 8.65. The van der Waals surface area contributed by atoms with Crippen LogP contribution in [-0.2, 0) is 0 Å². The van der Waals surface area contributed by atoms with Gasteiger partial charge in [0.2, 0.25) is 0 Å². The summed E-state index contributed by atoms with van der Waals surface area (Å²) in [6.07, 6.45) is 0. The molecule has 90 valence electrons. The van der Waals surface area contributed by atoms with Gasteiger partial charge in [-0.05, 0) is 55.0 Å². The summed E-state index contributed by atoms with van der Waals surface area (Å²) in [7, 11) is 0. The lowest BCUT2D eigenvalue weighted by atomic mass is 10.2. The summed E-state index contributed by atoms with van der Waals surface area (Å²) >= 11 is 11.4. The normalized spacial score (nSPS) is 11.0. The van der Waals surface area contributed by atoms with Gasteiger partial charge in [0.25, 0.3) is 0 Å². The van der Waals surface area contributed by atoms with E-state index in [9.17, 15) is 0 Å². The Labute approximate surface area is 115 Å². The summed E-state index contributed by atoms with van der Waals surface area (Å²) in [4.78, 5) is 3.21. The highest BCUT2D eigenvalue weighted by molar-refractivity contribution is 7.71. The molecule has 4 heteroatoms. The van der Waals surface area contributed by atoms with Crippen molar-refractivity contribution >= 4 is 34.9 Å². The SMILES string of the molecule is Cc1ccc2[nH]c(=S)n(-c3cccc(Cl)c3)c2c1. The first-order valence-corrected chi connectivity index (χ1v) is 6.41. The van der Waals surface area contributed by atoms with Crippen LogP contribution in [0.3, 0.4) is 0 Å². The minimum absolute atomic E-state index is 0.679. The highest BCUT2D eigenvalue weighted by atomic mass is 35.5. The first-order valence-electron chi connectivity index (χ1n) is 5.62. The van der Waals surface area contributed by atoms with E-state index in [4.69, 9.17) is 23.8 Å². The van der Waals surface area contributed by atoms with Gasteiger partial charge >= 0.3 is 0 Å². The van der Waals surface area contributed by atoms with Crippen LogP contribution in [0.15, 0.2) is 42.5 Å². The van der Waals surface area contributed by atoms with Crippen molar-refractivity contribution in [3.8, 4) is 5.69 Å². The van der Waals surface area contributed by atoms with Gasteiger partial charge in [0, 0.05) is 10.7 Å². The number of aromatic nitrogens is 2. The number of fused-ring (bicyclic) bond motifs is 1. The first kappa shape index (κ1) is 11.5. The zero-order chi connectivity index (χ0) is 12.7. The number of aromatic amines is 1. The van der Waals surface area contributed by atoms with Crippen LogP contribution >= 0.6 is 23.8 Å². The molecule has 0 spiro atoms. The number of rotatable bonds is 1. The molecule has 0 saturated carbocycles. The molecule has 0 atom stereocenters. The molecule has 3 rings (SSSR count). The number of hydrogen-bond acceptors (Lipinski definition) is 1. The van der Waals surface area contributed by atoms with Crippen LogP contribution in [0.5, 0.6) is 0 Å². The average molecular weight is 275 g/mol. The Morgan fingerprint density at radius 3 is 2.78 bits per heavy atom. The van der Waals surface area contributed by atoms with Crippen LogP contribution in [0.1, 0.15) is 5.56 Å². The molecule has 3 aromatic rings. The molecule has 0 radical (unpaired) electrons. The fraction of sp³-hybridized carbons (Fsp3) is 0.0714. The third-order valence-electron chi connectivity index (χ3n) is 2.91. The third kappa shape index (κ3) is 1.85. The number of benzene rings is 2. The van der Waals surface area contributed by atoms with Crippen molar-refractivity contribution in [1.82, 2.24) is 9.55 Å². The molecular weight excluding hydrogens is 264 g/mol. The zero-order valence-electron chi connectivity index (χ0n) is 9.77. The summed E-state index contributed by atoms with van der Waals surface area (Å²) in [5, 5.41) is 0.705. The maximum Gasteiger partial charge on any atom is 0.182 e. The monoisotopic (exact) mass is 274 g/mol. The van der Waals surface area contributed by atoms with E-state index in [0.717, 1.165) is 16.7 Å². The van der Waals surface area contributed by atoms with Gasteiger partial charge in [-0.1, -0.05) is 23.7 Å². The van der Waals surface area contributed by atoms with E-state index in [0.29, 0.717) is 9.79 Å². The van der Waals surface area contributed by atoms with Gasteiger partial charge in [-0.15, -0.1) is 0 Å². The standard InChI is InChI=1S/C14H11ClN2S/c1-9-5-6-12-13(7-9)17(14(18)16-12)11-4-2-3-10(15)8-11/h2-8H,1H3,(H,16,18). The zero-order valence-corrected chi connectivity index (χ0v) is 11.3. The Kier molecular flexibility index (Phi) is 2.73. The maximum absolute atomic E-state index is 6.04. The molecule has 0 saturated heterocycles. The predicted molar refractivity (Wildman–Crippen MR) is 78.2 cm³/mol. The molecule has 18 heavy (non-hydrogen) atoms. The number of hydrogen-bond donors (Lipinski definition) is 1. The fourth-order valence-electron chi connectivity index (χ4n) is 2.08. The number of aryl methyl sites for hydroxylation is 1. The van der Waals surface area contributed by atoms with Crippen LogP contribution in [0.4, 0.5) is 0 Å². The molecule has 0 aliphatic rings. The van der Waals surface area contributed by atoms with Gasteiger partial charge in [0.05, 0.1) is 11.0 Å². The highest BCUT2D eigenvalue weighted by Gasteiger charge is 2.06. The van der Waals surface area contributed by atoms with Crippen molar-refractivity contribution in [2.24, 2.45) is 0 Å². The molecular formula is C14H11ClN2S. The average Bonchev–Trinajstić information content (AvgIpc) is 2.64. The van der Waals surface area contributed by atoms with E-state index in [1.54, 1.807) is 0 Å². The molecule has 2 nitrogen and oxygen atoms in total. The van der Waals surface area contributed by atoms with Gasteiger partial charge in [-0.3, -0.25) is 4.57 Å². The lowest BCUT2D eigenvalue weighted by molar-refractivity contribution is 1.06. The highest BCUT2D eigenvalue weighted by Crippen LogP contribution is 2.22. The number of nitrogens with one attached hydrogen (secondary N) is 1. The Bertz CT molecular complexity index is 786. The Morgan fingerprint density at radius 1 is 1.17 bits per heavy atom. The number of imidazole rings is 1. The summed E-state index contributed by atoms with van der Waals surface area (Å²) in [5.74, 6) is 0. The maximum atomic E-state index is 6.04.